The number of aromatic amines is 2. The van der Waals surface area contributed by atoms with Gasteiger partial charge in [-0.15, -0.1) is 0 Å². The van der Waals surface area contributed by atoms with Crippen molar-refractivity contribution >= 4 is 20.9 Å². The fraction of sp³-hybridized carbons (Fsp3) is 0.125. The third kappa shape index (κ3) is 3.29. The van der Waals surface area contributed by atoms with Crippen LogP contribution in [0.4, 0.5) is 0 Å². The highest BCUT2D eigenvalue weighted by Crippen LogP contribution is 2.14. The molecule has 0 saturated heterocycles. The lowest BCUT2D eigenvalue weighted by Gasteiger charge is -2.08. The molecule has 0 bridgehead atoms. The molecule has 0 saturated carbocycles. The van der Waals surface area contributed by atoms with E-state index in [0.717, 1.165) is 11.1 Å². The molecule has 0 spiro atoms. The molecule has 3 aromatic rings. The summed E-state index contributed by atoms with van der Waals surface area (Å²) in [5.74, 6) is 0. The van der Waals surface area contributed by atoms with Gasteiger partial charge < -0.3 is 4.98 Å². The number of H-pyrrole nitrogens is 2. The first kappa shape index (κ1) is 16.2. The van der Waals surface area contributed by atoms with Crippen LogP contribution in [0.2, 0.25) is 0 Å². The molecule has 0 amide bonds. The van der Waals surface area contributed by atoms with Crippen LogP contribution in [-0.2, 0) is 16.6 Å². The van der Waals surface area contributed by atoms with E-state index >= 15 is 0 Å². The molecule has 3 rings (SSSR count). The molecule has 0 aliphatic carbocycles. The number of benzene rings is 2. The number of fused-ring (bicyclic) bond motifs is 1. The van der Waals surface area contributed by atoms with Crippen LogP contribution in [0.15, 0.2) is 56.9 Å². The summed E-state index contributed by atoms with van der Waals surface area (Å²) in [5.41, 5.74) is 0.876. The van der Waals surface area contributed by atoms with Crippen LogP contribution in [0.3, 0.4) is 0 Å². The lowest BCUT2D eigenvalue weighted by molar-refractivity contribution is 0.581. The monoisotopic (exact) mass is 345 g/mol. The standard InChI is InChI=1S/C16H15N3O4S/c1-10-3-2-4-11(7-10)9-17-24(22,23)12-5-6-14-13(8-12)15(20)19-16(21)18-14/h2-8,17H,9H2,1H3,(H2,18,19,20,21). The Morgan fingerprint density at radius 3 is 2.58 bits per heavy atom. The van der Waals surface area contributed by atoms with Gasteiger partial charge in [-0.2, -0.15) is 0 Å². The van der Waals surface area contributed by atoms with Crippen molar-refractivity contribution in [3.63, 3.8) is 0 Å². The summed E-state index contributed by atoms with van der Waals surface area (Å²) in [6, 6.07) is 11.5. The molecular formula is C16H15N3O4S. The van der Waals surface area contributed by atoms with E-state index in [1.165, 1.54) is 18.2 Å². The second-order valence-electron chi connectivity index (χ2n) is 5.43. The van der Waals surface area contributed by atoms with Crippen molar-refractivity contribution in [3.05, 3.63) is 74.4 Å². The summed E-state index contributed by atoms with van der Waals surface area (Å²) in [6.45, 7) is 2.07. The first-order valence-corrected chi connectivity index (χ1v) is 8.65. The second-order valence-corrected chi connectivity index (χ2v) is 7.20. The van der Waals surface area contributed by atoms with Gasteiger partial charge in [0.05, 0.1) is 15.8 Å². The Bertz CT molecular complexity index is 1130. The van der Waals surface area contributed by atoms with E-state index in [1.807, 2.05) is 31.2 Å². The van der Waals surface area contributed by atoms with Crippen molar-refractivity contribution in [2.75, 3.05) is 0 Å². The lowest BCUT2D eigenvalue weighted by Crippen LogP contribution is -2.25. The smallest absolute Gasteiger partial charge is 0.307 e. The summed E-state index contributed by atoms with van der Waals surface area (Å²) in [6.07, 6.45) is 0. The SMILES string of the molecule is Cc1cccc(CNS(=O)(=O)c2ccc3[nH]c(=O)[nH]c(=O)c3c2)c1. The third-order valence-corrected chi connectivity index (χ3v) is 4.97. The summed E-state index contributed by atoms with van der Waals surface area (Å²) in [7, 11) is -3.78. The number of aromatic nitrogens is 2. The largest absolute Gasteiger partial charge is 0.326 e. The minimum Gasteiger partial charge on any atom is -0.307 e. The molecule has 0 aliphatic rings. The highest BCUT2D eigenvalue weighted by atomic mass is 32.2. The summed E-state index contributed by atoms with van der Waals surface area (Å²) >= 11 is 0. The van der Waals surface area contributed by atoms with Gasteiger partial charge in [0, 0.05) is 6.54 Å². The van der Waals surface area contributed by atoms with Crippen LogP contribution in [0.25, 0.3) is 10.9 Å². The van der Waals surface area contributed by atoms with Gasteiger partial charge in [0.25, 0.3) is 5.56 Å². The van der Waals surface area contributed by atoms with E-state index in [2.05, 4.69) is 14.7 Å². The molecule has 0 radical (unpaired) electrons. The number of sulfonamides is 1. The summed E-state index contributed by atoms with van der Waals surface area (Å²) in [5, 5.41) is 0.105. The Hall–Kier alpha value is -2.71. The van der Waals surface area contributed by atoms with Crippen molar-refractivity contribution in [2.24, 2.45) is 0 Å². The average Bonchev–Trinajstić information content (AvgIpc) is 2.52. The topological polar surface area (TPSA) is 112 Å². The summed E-state index contributed by atoms with van der Waals surface area (Å²) < 4.78 is 27.3. The number of hydrogen-bond donors (Lipinski definition) is 3. The van der Waals surface area contributed by atoms with E-state index in [4.69, 9.17) is 0 Å². The average molecular weight is 345 g/mol. The molecule has 0 fully saturated rings. The van der Waals surface area contributed by atoms with Crippen LogP contribution < -0.4 is 16.0 Å². The molecule has 1 aromatic heterocycles. The Morgan fingerprint density at radius 1 is 1.04 bits per heavy atom. The van der Waals surface area contributed by atoms with Crippen molar-refractivity contribution in [2.45, 2.75) is 18.4 Å². The maximum atomic E-state index is 12.4. The van der Waals surface area contributed by atoms with Crippen LogP contribution in [0, 0.1) is 6.92 Å². The zero-order chi connectivity index (χ0) is 17.3. The van der Waals surface area contributed by atoms with Gasteiger partial charge in [-0.05, 0) is 30.7 Å². The van der Waals surface area contributed by atoms with E-state index in [0.29, 0.717) is 0 Å². The molecule has 24 heavy (non-hydrogen) atoms. The van der Waals surface area contributed by atoms with Gasteiger partial charge in [-0.3, -0.25) is 9.78 Å². The molecule has 1 heterocycles. The number of aryl methyl sites for hydroxylation is 1. The molecule has 7 nitrogen and oxygen atoms in total. The minimum absolute atomic E-state index is 0.0415. The van der Waals surface area contributed by atoms with Crippen LogP contribution in [0.5, 0.6) is 0 Å². The molecule has 124 valence electrons. The van der Waals surface area contributed by atoms with Crippen molar-refractivity contribution in [3.8, 4) is 0 Å². The molecule has 0 atom stereocenters. The molecule has 3 N–H and O–H groups in total. The normalized spacial score (nSPS) is 11.7. The Morgan fingerprint density at radius 2 is 1.83 bits per heavy atom. The van der Waals surface area contributed by atoms with E-state index in [9.17, 15) is 18.0 Å². The van der Waals surface area contributed by atoms with Crippen molar-refractivity contribution < 1.29 is 8.42 Å². The van der Waals surface area contributed by atoms with Gasteiger partial charge in [0.1, 0.15) is 0 Å². The third-order valence-electron chi connectivity index (χ3n) is 3.57. The first-order chi connectivity index (χ1) is 11.3. The minimum atomic E-state index is -3.78. The second kappa shape index (κ2) is 6.06. The van der Waals surface area contributed by atoms with Crippen molar-refractivity contribution in [1.82, 2.24) is 14.7 Å². The molecular weight excluding hydrogens is 330 g/mol. The van der Waals surface area contributed by atoms with E-state index in [-0.39, 0.29) is 22.3 Å². The fourth-order valence-corrected chi connectivity index (χ4v) is 3.44. The van der Waals surface area contributed by atoms with Gasteiger partial charge in [-0.1, -0.05) is 29.8 Å². The van der Waals surface area contributed by atoms with E-state index in [1.54, 1.807) is 0 Å². The first-order valence-electron chi connectivity index (χ1n) is 7.17. The van der Waals surface area contributed by atoms with Crippen LogP contribution in [-0.4, -0.2) is 18.4 Å². The Kier molecular flexibility index (Phi) is 4.08. The van der Waals surface area contributed by atoms with Crippen molar-refractivity contribution in [1.29, 1.82) is 0 Å². The predicted octanol–water partition coefficient (Wildman–Crippen LogP) is 1.00. The Balaban J connectivity index is 1.93. The highest BCUT2D eigenvalue weighted by molar-refractivity contribution is 7.89. The highest BCUT2D eigenvalue weighted by Gasteiger charge is 2.15. The van der Waals surface area contributed by atoms with Gasteiger partial charge in [-0.25, -0.2) is 17.9 Å². The zero-order valence-corrected chi connectivity index (χ0v) is 13.6. The summed E-state index contributed by atoms with van der Waals surface area (Å²) in [4.78, 5) is 27.5. The Labute approximate surface area is 137 Å². The van der Waals surface area contributed by atoms with E-state index < -0.39 is 21.3 Å². The zero-order valence-electron chi connectivity index (χ0n) is 12.8. The lowest BCUT2D eigenvalue weighted by atomic mass is 10.1. The molecule has 0 unspecified atom stereocenters. The molecule has 0 aliphatic heterocycles. The number of rotatable bonds is 4. The number of hydrogen-bond acceptors (Lipinski definition) is 4. The fourth-order valence-electron chi connectivity index (χ4n) is 2.40. The van der Waals surface area contributed by atoms with Crippen LogP contribution >= 0.6 is 0 Å². The van der Waals surface area contributed by atoms with Crippen LogP contribution in [0.1, 0.15) is 11.1 Å². The molecule has 2 aromatic carbocycles. The van der Waals surface area contributed by atoms with Gasteiger partial charge in [0.15, 0.2) is 0 Å². The van der Waals surface area contributed by atoms with Gasteiger partial charge in [0.2, 0.25) is 10.0 Å². The quantitative estimate of drug-likeness (QED) is 0.655. The maximum Gasteiger partial charge on any atom is 0.326 e. The maximum absolute atomic E-state index is 12.4. The number of nitrogens with one attached hydrogen (secondary N) is 3. The van der Waals surface area contributed by atoms with Gasteiger partial charge >= 0.3 is 5.69 Å². The predicted molar refractivity (Wildman–Crippen MR) is 90.4 cm³/mol. The molecule has 8 heteroatoms.